The van der Waals surface area contributed by atoms with Crippen LogP contribution < -0.4 is 11.5 Å². The second-order valence-electron chi connectivity index (χ2n) is 5.05. The maximum Gasteiger partial charge on any atom is 0.419 e. The van der Waals surface area contributed by atoms with Gasteiger partial charge in [-0.3, -0.25) is 4.57 Å². The highest BCUT2D eigenvalue weighted by Crippen LogP contribution is 2.36. The first-order chi connectivity index (χ1) is 9.08. The SMILES string of the molecule is Cn1c(=O)oc2cc(C3(C(N)CO)COC3)ccc21. The van der Waals surface area contributed by atoms with Gasteiger partial charge in [0.1, 0.15) is 0 Å². The molecule has 1 aliphatic heterocycles. The van der Waals surface area contributed by atoms with Crippen molar-refractivity contribution in [1.29, 1.82) is 0 Å². The molecule has 0 spiro atoms. The maximum absolute atomic E-state index is 11.5. The second-order valence-corrected chi connectivity index (χ2v) is 5.05. The van der Waals surface area contributed by atoms with Gasteiger partial charge in [0.2, 0.25) is 0 Å². The van der Waals surface area contributed by atoms with Crippen LogP contribution in [0.15, 0.2) is 27.4 Å². The van der Waals surface area contributed by atoms with Gasteiger partial charge < -0.3 is 20.0 Å². The summed E-state index contributed by atoms with van der Waals surface area (Å²) in [5.74, 6) is -0.391. The topological polar surface area (TPSA) is 90.6 Å². The van der Waals surface area contributed by atoms with Gasteiger partial charge in [0.05, 0.1) is 30.8 Å². The quantitative estimate of drug-likeness (QED) is 0.795. The molecule has 6 nitrogen and oxygen atoms in total. The minimum atomic E-state index is -0.394. The lowest BCUT2D eigenvalue weighted by atomic mass is 9.73. The Morgan fingerprint density at radius 1 is 1.53 bits per heavy atom. The van der Waals surface area contributed by atoms with Gasteiger partial charge in [0.15, 0.2) is 5.58 Å². The Morgan fingerprint density at radius 3 is 2.84 bits per heavy atom. The van der Waals surface area contributed by atoms with Gasteiger partial charge >= 0.3 is 5.76 Å². The van der Waals surface area contributed by atoms with Gasteiger partial charge in [-0.25, -0.2) is 4.79 Å². The fourth-order valence-electron chi connectivity index (χ4n) is 2.54. The van der Waals surface area contributed by atoms with Crippen molar-refractivity contribution in [3.05, 3.63) is 34.3 Å². The maximum atomic E-state index is 11.5. The first-order valence-corrected chi connectivity index (χ1v) is 6.13. The lowest BCUT2D eigenvalue weighted by Crippen LogP contribution is -2.60. The van der Waals surface area contributed by atoms with E-state index in [0.29, 0.717) is 18.8 Å². The summed E-state index contributed by atoms with van der Waals surface area (Å²) in [5.41, 5.74) is 7.80. The van der Waals surface area contributed by atoms with Gasteiger partial charge in [0.25, 0.3) is 0 Å². The smallest absolute Gasteiger partial charge is 0.408 e. The van der Waals surface area contributed by atoms with Crippen molar-refractivity contribution in [1.82, 2.24) is 4.57 Å². The van der Waals surface area contributed by atoms with Crippen molar-refractivity contribution in [3.8, 4) is 0 Å². The molecule has 0 amide bonds. The lowest BCUT2D eigenvalue weighted by molar-refractivity contribution is -0.0797. The summed E-state index contributed by atoms with van der Waals surface area (Å²) in [7, 11) is 1.66. The van der Waals surface area contributed by atoms with E-state index in [1.807, 2.05) is 18.2 Å². The first kappa shape index (κ1) is 12.4. The van der Waals surface area contributed by atoms with E-state index in [-0.39, 0.29) is 6.61 Å². The molecule has 3 rings (SSSR count). The molecule has 0 bridgehead atoms. The van der Waals surface area contributed by atoms with Crippen LogP contribution in [0.2, 0.25) is 0 Å². The third kappa shape index (κ3) is 1.64. The summed E-state index contributed by atoms with van der Waals surface area (Å²) in [6.45, 7) is 0.828. The van der Waals surface area contributed by atoms with Crippen molar-refractivity contribution in [3.63, 3.8) is 0 Å². The molecule has 3 N–H and O–H groups in total. The molecular weight excluding hydrogens is 248 g/mol. The molecular formula is C13H16N2O4. The van der Waals surface area contributed by atoms with E-state index in [1.54, 1.807) is 7.05 Å². The molecule has 1 aromatic carbocycles. The molecule has 6 heteroatoms. The first-order valence-electron chi connectivity index (χ1n) is 6.13. The lowest BCUT2D eigenvalue weighted by Gasteiger charge is -2.45. The number of aliphatic hydroxyl groups excluding tert-OH is 1. The number of nitrogens with zero attached hydrogens (tertiary/aromatic N) is 1. The van der Waals surface area contributed by atoms with E-state index in [2.05, 4.69) is 0 Å². The number of aryl methyl sites for hydroxylation is 1. The Bertz CT molecular complexity index is 669. The second kappa shape index (κ2) is 4.19. The number of hydrogen-bond donors (Lipinski definition) is 2. The number of aliphatic hydroxyl groups is 1. The van der Waals surface area contributed by atoms with Gasteiger partial charge in [-0.2, -0.15) is 0 Å². The third-order valence-corrected chi connectivity index (χ3v) is 3.99. The largest absolute Gasteiger partial charge is 0.419 e. The van der Waals surface area contributed by atoms with Crippen molar-refractivity contribution in [2.24, 2.45) is 12.8 Å². The van der Waals surface area contributed by atoms with Crippen LogP contribution in [-0.2, 0) is 17.2 Å². The minimum absolute atomic E-state index is 0.111. The minimum Gasteiger partial charge on any atom is -0.408 e. The summed E-state index contributed by atoms with van der Waals surface area (Å²) < 4.78 is 11.9. The highest BCUT2D eigenvalue weighted by molar-refractivity contribution is 5.74. The summed E-state index contributed by atoms with van der Waals surface area (Å²) in [6.07, 6.45) is 0. The molecule has 1 atom stereocenters. The van der Waals surface area contributed by atoms with Crippen LogP contribution in [0, 0.1) is 0 Å². The molecule has 1 aromatic heterocycles. The number of hydrogen-bond acceptors (Lipinski definition) is 5. The number of fused-ring (bicyclic) bond motifs is 1. The number of nitrogens with two attached hydrogens (primary N) is 1. The molecule has 19 heavy (non-hydrogen) atoms. The predicted molar refractivity (Wildman–Crippen MR) is 69.0 cm³/mol. The van der Waals surface area contributed by atoms with E-state index < -0.39 is 17.2 Å². The highest BCUT2D eigenvalue weighted by Gasteiger charge is 2.45. The predicted octanol–water partition coefficient (Wildman–Crippen LogP) is -0.281. The number of oxazole rings is 1. The van der Waals surface area contributed by atoms with Crippen LogP contribution in [0.1, 0.15) is 5.56 Å². The molecule has 2 heterocycles. The van der Waals surface area contributed by atoms with Gasteiger partial charge in [-0.1, -0.05) is 6.07 Å². The molecule has 2 aromatic rings. The van der Waals surface area contributed by atoms with Crippen molar-refractivity contribution in [2.75, 3.05) is 19.8 Å². The zero-order chi connectivity index (χ0) is 13.6. The van der Waals surface area contributed by atoms with E-state index in [0.717, 1.165) is 11.1 Å². The Labute approximate surface area is 109 Å². The number of rotatable bonds is 3. The molecule has 1 fully saturated rings. The van der Waals surface area contributed by atoms with Gasteiger partial charge in [-0.05, 0) is 17.7 Å². The number of aromatic nitrogens is 1. The molecule has 1 saturated heterocycles. The fraction of sp³-hybridized carbons (Fsp3) is 0.462. The molecule has 0 radical (unpaired) electrons. The van der Waals surface area contributed by atoms with Crippen LogP contribution in [-0.4, -0.2) is 35.5 Å². The third-order valence-electron chi connectivity index (χ3n) is 3.99. The molecule has 102 valence electrons. The van der Waals surface area contributed by atoms with Crippen LogP contribution in [0.4, 0.5) is 0 Å². The zero-order valence-electron chi connectivity index (χ0n) is 10.6. The summed E-state index contributed by atoms with van der Waals surface area (Å²) >= 11 is 0. The van der Waals surface area contributed by atoms with Crippen molar-refractivity contribution < 1.29 is 14.3 Å². The van der Waals surface area contributed by atoms with Crippen LogP contribution in [0.25, 0.3) is 11.1 Å². The Morgan fingerprint density at radius 2 is 2.26 bits per heavy atom. The van der Waals surface area contributed by atoms with Crippen LogP contribution >= 0.6 is 0 Å². The Kier molecular flexibility index (Phi) is 2.74. The van der Waals surface area contributed by atoms with E-state index in [1.165, 1.54) is 4.57 Å². The normalized spacial score (nSPS) is 19.3. The number of ether oxygens (including phenoxy) is 1. The number of benzene rings is 1. The summed E-state index contributed by atoms with van der Waals surface area (Å²) in [5, 5.41) is 9.30. The summed E-state index contributed by atoms with van der Waals surface area (Å²) in [6, 6.07) is 5.17. The average Bonchev–Trinajstić information content (AvgIpc) is 2.63. The monoisotopic (exact) mass is 264 g/mol. The fourth-order valence-corrected chi connectivity index (χ4v) is 2.54. The Hall–Kier alpha value is -1.63. The average molecular weight is 264 g/mol. The van der Waals surface area contributed by atoms with Crippen LogP contribution in [0.5, 0.6) is 0 Å². The molecule has 0 aliphatic carbocycles. The van der Waals surface area contributed by atoms with Crippen molar-refractivity contribution in [2.45, 2.75) is 11.5 Å². The molecule has 1 unspecified atom stereocenters. The highest BCUT2D eigenvalue weighted by atomic mass is 16.5. The van der Waals surface area contributed by atoms with Crippen molar-refractivity contribution >= 4 is 11.1 Å². The Balaban J connectivity index is 2.12. The van der Waals surface area contributed by atoms with Crippen LogP contribution in [0.3, 0.4) is 0 Å². The van der Waals surface area contributed by atoms with E-state index in [4.69, 9.17) is 14.9 Å². The van der Waals surface area contributed by atoms with E-state index >= 15 is 0 Å². The van der Waals surface area contributed by atoms with Gasteiger partial charge in [0, 0.05) is 13.1 Å². The zero-order valence-corrected chi connectivity index (χ0v) is 10.6. The van der Waals surface area contributed by atoms with Gasteiger partial charge in [-0.15, -0.1) is 0 Å². The van der Waals surface area contributed by atoms with E-state index in [9.17, 15) is 9.90 Å². The standard InChI is InChI=1S/C13H16N2O4/c1-15-9-3-2-8(4-10(9)19-12(15)17)13(6-18-7-13)11(14)5-16/h2-4,11,16H,5-7,14H2,1H3. The molecule has 1 aliphatic rings. The molecule has 0 saturated carbocycles. The summed E-state index contributed by atoms with van der Waals surface area (Å²) in [4.78, 5) is 11.5.